The number of hydrogen-bond donors (Lipinski definition) is 1. The van der Waals surface area contributed by atoms with Crippen molar-refractivity contribution in [2.75, 3.05) is 21.3 Å². The molecule has 0 aromatic heterocycles. The summed E-state index contributed by atoms with van der Waals surface area (Å²) in [5, 5.41) is 2.82. The van der Waals surface area contributed by atoms with Crippen molar-refractivity contribution in [3.63, 3.8) is 0 Å². The third-order valence-corrected chi connectivity index (χ3v) is 3.64. The normalized spacial score (nSPS) is 11.5. The van der Waals surface area contributed by atoms with Crippen LogP contribution in [0.5, 0.6) is 17.2 Å². The Morgan fingerprint density at radius 2 is 1.62 bits per heavy atom. The molecule has 1 amide bonds. The molecule has 24 heavy (non-hydrogen) atoms. The van der Waals surface area contributed by atoms with Crippen LogP contribution < -0.4 is 19.5 Å². The fourth-order valence-corrected chi connectivity index (χ4v) is 2.25. The summed E-state index contributed by atoms with van der Waals surface area (Å²) >= 11 is 0. The van der Waals surface area contributed by atoms with Gasteiger partial charge in [0.15, 0.2) is 11.6 Å². The predicted molar refractivity (Wildman–Crippen MR) is 88.4 cm³/mol. The van der Waals surface area contributed by atoms with Gasteiger partial charge in [0, 0.05) is 11.6 Å². The number of carbonyl (C=O) groups excluding carboxylic acids is 1. The van der Waals surface area contributed by atoms with Crippen LogP contribution >= 0.6 is 0 Å². The molecule has 0 aliphatic carbocycles. The minimum absolute atomic E-state index is 0.162. The van der Waals surface area contributed by atoms with E-state index in [0.29, 0.717) is 22.6 Å². The summed E-state index contributed by atoms with van der Waals surface area (Å²) < 4.78 is 29.0. The van der Waals surface area contributed by atoms with Gasteiger partial charge in [0.25, 0.3) is 5.91 Å². The van der Waals surface area contributed by atoms with Crippen LogP contribution in [0.2, 0.25) is 0 Å². The lowest BCUT2D eigenvalue weighted by Gasteiger charge is -2.16. The molecule has 0 spiro atoms. The molecule has 5 nitrogen and oxygen atoms in total. The Morgan fingerprint density at radius 1 is 1.00 bits per heavy atom. The predicted octanol–water partition coefficient (Wildman–Crippen LogP) is 3.34. The smallest absolute Gasteiger partial charge is 0.252 e. The Morgan fingerprint density at radius 3 is 2.12 bits per heavy atom. The average molecular weight is 333 g/mol. The maximum Gasteiger partial charge on any atom is 0.252 e. The first-order valence-electron chi connectivity index (χ1n) is 7.36. The molecule has 0 radical (unpaired) electrons. The van der Waals surface area contributed by atoms with Gasteiger partial charge in [-0.1, -0.05) is 6.07 Å². The maximum absolute atomic E-state index is 13.8. The van der Waals surface area contributed by atoms with E-state index < -0.39 is 5.82 Å². The Labute approximate surface area is 140 Å². The summed E-state index contributed by atoms with van der Waals surface area (Å²) in [5.74, 6) is 0.412. The third kappa shape index (κ3) is 3.95. The highest BCUT2D eigenvalue weighted by atomic mass is 19.1. The van der Waals surface area contributed by atoms with Gasteiger partial charge in [0.2, 0.25) is 0 Å². The Balaban J connectivity index is 2.18. The standard InChI is InChI=1S/C18H20FNO4/c1-11(12-5-6-17(24-4)16(19)9-12)20-18(21)13-7-14(22-2)10-15(8-13)23-3/h5-11H,1-4H3,(H,20,21). The molecule has 0 aliphatic heterocycles. The third-order valence-electron chi connectivity index (χ3n) is 3.64. The largest absolute Gasteiger partial charge is 0.497 e. The number of rotatable bonds is 6. The highest BCUT2D eigenvalue weighted by Crippen LogP contribution is 2.24. The van der Waals surface area contributed by atoms with Crippen LogP contribution in [0.1, 0.15) is 28.9 Å². The summed E-state index contributed by atoms with van der Waals surface area (Å²) in [5.41, 5.74) is 1.03. The van der Waals surface area contributed by atoms with Crippen molar-refractivity contribution in [2.45, 2.75) is 13.0 Å². The van der Waals surface area contributed by atoms with Gasteiger partial charge in [-0.3, -0.25) is 4.79 Å². The van der Waals surface area contributed by atoms with Crippen LogP contribution in [0.4, 0.5) is 4.39 Å². The number of nitrogens with one attached hydrogen (secondary N) is 1. The van der Waals surface area contributed by atoms with Gasteiger partial charge >= 0.3 is 0 Å². The van der Waals surface area contributed by atoms with E-state index in [1.807, 2.05) is 0 Å². The second-order valence-corrected chi connectivity index (χ2v) is 5.19. The molecule has 128 valence electrons. The number of halogens is 1. The van der Waals surface area contributed by atoms with Gasteiger partial charge in [-0.05, 0) is 36.8 Å². The molecular weight excluding hydrogens is 313 g/mol. The van der Waals surface area contributed by atoms with Gasteiger partial charge in [0.05, 0.1) is 27.4 Å². The summed E-state index contributed by atoms with van der Waals surface area (Å²) in [6.45, 7) is 1.77. The topological polar surface area (TPSA) is 56.8 Å². The Bertz CT molecular complexity index is 711. The zero-order chi connectivity index (χ0) is 17.7. The lowest BCUT2D eigenvalue weighted by molar-refractivity contribution is 0.0939. The molecular formula is C18H20FNO4. The highest BCUT2D eigenvalue weighted by molar-refractivity contribution is 5.95. The van der Waals surface area contributed by atoms with E-state index >= 15 is 0 Å². The lowest BCUT2D eigenvalue weighted by atomic mass is 10.1. The summed E-state index contributed by atoms with van der Waals surface area (Å²) in [7, 11) is 4.43. The molecule has 0 aliphatic rings. The summed E-state index contributed by atoms with van der Waals surface area (Å²) in [6.07, 6.45) is 0. The van der Waals surface area contributed by atoms with E-state index in [-0.39, 0.29) is 17.7 Å². The van der Waals surface area contributed by atoms with Crippen molar-refractivity contribution in [2.24, 2.45) is 0 Å². The van der Waals surface area contributed by atoms with Crippen molar-refractivity contribution in [1.82, 2.24) is 5.32 Å². The number of ether oxygens (including phenoxy) is 3. The van der Waals surface area contributed by atoms with Crippen LogP contribution in [0.15, 0.2) is 36.4 Å². The van der Waals surface area contributed by atoms with Crippen LogP contribution in [-0.2, 0) is 0 Å². The van der Waals surface area contributed by atoms with Gasteiger partial charge < -0.3 is 19.5 Å². The van der Waals surface area contributed by atoms with Crippen molar-refractivity contribution >= 4 is 5.91 Å². The summed E-state index contributed by atoms with van der Waals surface area (Å²) in [4.78, 5) is 12.4. The quantitative estimate of drug-likeness (QED) is 0.881. The van der Waals surface area contributed by atoms with E-state index in [1.54, 1.807) is 31.2 Å². The van der Waals surface area contributed by atoms with Crippen molar-refractivity contribution in [1.29, 1.82) is 0 Å². The van der Waals surface area contributed by atoms with E-state index in [1.165, 1.54) is 33.5 Å². The number of benzene rings is 2. The molecule has 1 unspecified atom stereocenters. The minimum atomic E-state index is -0.473. The van der Waals surface area contributed by atoms with Crippen molar-refractivity contribution < 1.29 is 23.4 Å². The minimum Gasteiger partial charge on any atom is -0.497 e. The molecule has 6 heteroatoms. The van der Waals surface area contributed by atoms with Gasteiger partial charge in [-0.15, -0.1) is 0 Å². The summed E-state index contributed by atoms with van der Waals surface area (Å²) in [6, 6.07) is 9.10. The first kappa shape index (κ1) is 17.6. The highest BCUT2D eigenvalue weighted by Gasteiger charge is 2.15. The Kier molecular flexibility index (Phi) is 5.63. The molecule has 2 aromatic carbocycles. The molecule has 0 bridgehead atoms. The second-order valence-electron chi connectivity index (χ2n) is 5.19. The molecule has 0 saturated heterocycles. The van der Waals surface area contributed by atoms with Crippen LogP contribution in [0, 0.1) is 5.82 Å². The van der Waals surface area contributed by atoms with Crippen molar-refractivity contribution in [3.05, 3.63) is 53.3 Å². The molecule has 2 aromatic rings. The number of hydrogen-bond acceptors (Lipinski definition) is 4. The number of carbonyl (C=O) groups is 1. The molecule has 0 heterocycles. The van der Waals surface area contributed by atoms with Crippen LogP contribution in [-0.4, -0.2) is 27.2 Å². The lowest BCUT2D eigenvalue weighted by Crippen LogP contribution is -2.26. The van der Waals surface area contributed by atoms with E-state index in [9.17, 15) is 9.18 Å². The van der Waals surface area contributed by atoms with Crippen molar-refractivity contribution in [3.8, 4) is 17.2 Å². The average Bonchev–Trinajstić information content (AvgIpc) is 2.60. The fraction of sp³-hybridized carbons (Fsp3) is 0.278. The van der Waals surface area contributed by atoms with Gasteiger partial charge in [-0.2, -0.15) is 0 Å². The second kappa shape index (κ2) is 7.68. The molecule has 0 fully saturated rings. The zero-order valence-electron chi connectivity index (χ0n) is 14.1. The monoisotopic (exact) mass is 333 g/mol. The van der Waals surface area contributed by atoms with Gasteiger partial charge in [-0.25, -0.2) is 4.39 Å². The molecule has 1 N–H and O–H groups in total. The molecule has 1 atom stereocenters. The van der Waals surface area contributed by atoms with E-state index in [4.69, 9.17) is 14.2 Å². The fourth-order valence-electron chi connectivity index (χ4n) is 2.25. The van der Waals surface area contributed by atoms with Gasteiger partial charge in [0.1, 0.15) is 11.5 Å². The maximum atomic E-state index is 13.8. The SMILES string of the molecule is COc1cc(OC)cc(C(=O)NC(C)c2ccc(OC)c(F)c2)c1. The molecule has 2 rings (SSSR count). The molecule has 0 saturated carbocycles. The first-order valence-corrected chi connectivity index (χ1v) is 7.36. The zero-order valence-corrected chi connectivity index (χ0v) is 14.1. The van der Waals surface area contributed by atoms with E-state index in [0.717, 1.165) is 0 Å². The number of methoxy groups -OCH3 is 3. The van der Waals surface area contributed by atoms with E-state index in [2.05, 4.69) is 5.32 Å². The van der Waals surface area contributed by atoms with Crippen LogP contribution in [0.25, 0.3) is 0 Å². The number of amides is 1. The van der Waals surface area contributed by atoms with Crippen LogP contribution in [0.3, 0.4) is 0 Å². The Hall–Kier alpha value is -2.76. The first-order chi connectivity index (χ1) is 11.5.